The van der Waals surface area contributed by atoms with Crippen molar-refractivity contribution in [2.24, 2.45) is 0 Å². The SMILES string of the molecule is CC[C@H](C)NC(=O)COC(=O)c1ccccc1NC(=O)c1ccco1. The van der Waals surface area contributed by atoms with Crippen molar-refractivity contribution in [2.45, 2.75) is 26.3 Å². The molecule has 1 aromatic carbocycles. The average molecular weight is 344 g/mol. The fourth-order valence-electron chi connectivity index (χ4n) is 1.99. The van der Waals surface area contributed by atoms with E-state index in [2.05, 4.69) is 10.6 Å². The van der Waals surface area contributed by atoms with Crippen molar-refractivity contribution in [2.75, 3.05) is 11.9 Å². The van der Waals surface area contributed by atoms with Gasteiger partial charge in [0.15, 0.2) is 12.4 Å². The van der Waals surface area contributed by atoms with E-state index in [0.717, 1.165) is 6.42 Å². The van der Waals surface area contributed by atoms with Crippen LogP contribution in [0.25, 0.3) is 0 Å². The van der Waals surface area contributed by atoms with Gasteiger partial charge in [-0.25, -0.2) is 4.79 Å². The van der Waals surface area contributed by atoms with Gasteiger partial charge in [0.2, 0.25) is 0 Å². The zero-order chi connectivity index (χ0) is 18.2. The molecule has 0 fully saturated rings. The summed E-state index contributed by atoms with van der Waals surface area (Å²) in [5.41, 5.74) is 0.426. The minimum atomic E-state index is -0.699. The minimum absolute atomic E-state index is 0.00562. The lowest BCUT2D eigenvalue weighted by atomic mass is 10.1. The molecule has 0 aliphatic carbocycles. The molecule has 0 spiro atoms. The normalized spacial score (nSPS) is 11.4. The van der Waals surface area contributed by atoms with Crippen LogP contribution < -0.4 is 10.6 Å². The molecule has 0 unspecified atom stereocenters. The maximum Gasteiger partial charge on any atom is 0.340 e. The number of anilines is 1. The Morgan fingerprint density at radius 2 is 1.92 bits per heavy atom. The summed E-state index contributed by atoms with van der Waals surface area (Å²) < 4.78 is 10.0. The van der Waals surface area contributed by atoms with Gasteiger partial charge in [0.25, 0.3) is 11.8 Å². The predicted molar refractivity (Wildman–Crippen MR) is 91.3 cm³/mol. The molecule has 0 saturated carbocycles. The molecule has 0 saturated heterocycles. The molecule has 25 heavy (non-hydrogen) atoms. The number of furan rings is 1. The maximum atomic E-state index is 12.2. The van der Waals surface area contributed by atoms with Crippen LogP contribution in [0.2, 0.25) is 0 Å². The Morgan fingerprint density at radius 3 is 2.60 bits per heavy atom. The quantitative estimate of drug-likeness (QED) is 0.753. The van der Waals surface area contributed by atoms with Gasteiger partial charge < -0.3 is 19.8 Å². The summed E-state index contributed by atoms with van der Waals surface area (Å²) in [6, 6.07) is 9.48. The Bertz CT molecular complexity index is 740. The third kappa shape index (κ3) is 5.20. The topological polar surface area (TPSA) is 97.6 Å². The molecule has 7 nitrogen and oxygen atoms in total. The number of carbonyl (C=O) groups is 3. The highest BCUT2D eigenvalue weighted by molar-refractivity contribution is 6.06. The van der Waals surface area contributed by atoms with Crippen molar-refractivity contribution in [3.63, 3.8) is 0 Å². The number of rotatable bonds is 7. The Balaban J connectivity index is 2.00. The van der Waals surface area contributed by atoms with Crippen LogP contribution in [0.1, 0.15) is 41.2 Å². The first-order valence-electron chi connectivity index (χ1n) is 7.91. The summed E-state index contributed by atoms with van der Waals surface area (Å²) in [6.07, 6.45) is 2.16. The summed E-state index contributed by atoms with van der Waals surface area (Å²) >= 11 is 0. The van der Waals surface area contributed by atoms with E-state index in [1.165, 1.54) is 18.4 Å². The number of esters is 1. The van der Waals surface area contributed by atoms with Gasteiger partial charge in [0.05, 0.1) is 17.5 Å². The number of ether oxygens (including phenoxy) is 1. The molecule has 2 rings (SSSR count). The zero-order valence-corrected chi connectivity index (χ0v) is 14.1. The standard InChI is InChI=1S/C18H20N2O5/c1-3-12(2)19-16(21)11-25-18(23)13-7-4-5-8-14(13)20-17(22)15-9-6-10-24-15/h4-10,12H,3,11H2,1-2H3,(H,19,21)(H,20,22)/t12-/m0/s1. The third-order valence-corrected chi connectivity index (χ3v) is 3.49. The van der Waals surface area contributed by atoms with E-state index in [1.807, 2.05) is 13.8 Å². The molecule has 1 atom stereocenters. The van der Waals surface area contributed by atoms with Gasteiger partial charge in [-0.1, -0.05) is 19.1 Å². The molecule has 2 aromatic rings. The van der Waals surface area contributed by atoms with E-state index in [1.54, 1.807) is 24.3 Å². The lowest BCUT2D eigenvalue weighted by molar-refractivity contribution is -0.124. The Morgan fingerprint density at radius 1 is 1.16 bits per heavy atom. The van der Waals surface area contributed by atoms with Gasteiger partial charge in [0, 0.05) is 6.04 Å². The number of benzene rings is 1. The summed E-state index contributed by atoms with van der Waals surface area (Å²) in [5, 5.41) is 5.29. The lowest BCUT2D eigenvalue weighted by Gasteiger charge is -2.12. The number of carbonyl (C=O) groups excluding carboxylic acids is 3. The van der Waals surface area contributed by atoms with Crippen molar-refractivity contribution in [1.29, 1.82) is 0 Å². The van der Waals surface area contributed by atoms with Crippen LogP contribution in [-0.4, -0.2) is 30.4 Å². The molecule has 1 heterocycles. The van der Waals surface area contributed by atoms with E-state index in [0.29, 0.717) is 0 Å². The van der Waals surface area contributed by atoms with Gasteiger partial charge in [0.1, 0.15) is 0 Å². The second kappa shape index (κ2) is 8.68. The molecular weight excluding hydrogens is 324 g/mol. The highest BCUT2D eigenvalue weighted by atomic mass is 16.5. The van der Waals surface area contributed by atoms with Crippen molar-refractivity contribution >= 4 is 23.5 Å². The molecule has 0 radical (unpaired) electrons. The first-order valence-corrected chi connectivity index (χ1v) is 7.91. The van der Waals surface area contributed by atoms with Gasteiger partial charge in [-0.05, 0) is 37.6 Å². The molecule has 0 aliphatic rings. The number of hydrogen-bond acceptors (Lipinski definition) is 5. The molecular formula is C18H20N2O5. The summed E-state index contributed by atoms with van der Waals surface area (Å²) in [6.45, 7) is 3.41. The smallest absolute Gasteiger partial charge is 0.340 e. The monoisotopic (exact) mass is 344 g/mol. The van der Waals surface area contributed by atoms with Crippen LogP contribution >= 0.6 is 0 Å². The van der Waals surface area contributed by atoms with E-state index in [9.17, 15) is 14.4 Å². The van der Waals surface area contributed by atoms with Gasteiger partial charge in [-0.2, -0.15) is 0 Å². The molecule has 2 N–H and O–H groups in total. The van der Waals surface area contributed by atoms with Gasteiger partial charge in [-0.3, -0.25) is 9.59 Å². The van der Waals surface area contributed by atoms with Crippen LogP contribution in [0.4, 0.5) is 5.69 Å². The van der Waals surface area contributed by atoms with E-state index in [-0.39, 0.29) is 35.6 Å². The number of para-hydroxylation sites is 1. The Hall–Kier alpha value is -3.09. The van der Waals surface area contributed by atoms with Crippen LogP contribution in [0.5, 0.6) is 0 Å². The fourth-order valence-corrected chi connectivity index (χ4v) is 1.99. The van der Waals surface area contributed by atoms with Crippen LogP contribution in [0, 0.1) is 0 Å². The first kappa shape index (κ1) is 18.3. The number of hydrogen-bond donors (Lipinski definition) is 2. The molecule has 7 heteroatoms. The average Bonchev–Trinajstić information content (AvgIpc) is 3.14. The van der Waals surface area contributed by atoms with E-state index in [4.69, 9.17) is 9.15 Å². The maximum absolute atomic E-state index is 12.2. The molecule has 0 bridgehead atoms. The Kier molecular flexibility index (Phi) is 6.33. The van der Waals surface area contributed by atoms with Gasteiger partial charge >= 0.3 is 5.97 Å². The predicted octanol–water partition coefficient (Wildman–Crippen LogP) is 2.60. The third-order valence-electron chi connectivity index (χ3n) is 3.49. The van der Waals surface area contributed by atoms with Gasteiger partial charge in [-0.15, -0.1) is 0 Å². The lowest BCUT2D eigenvalue weighted by Crippen LogP contribution is -2.35. The highest BCUT2D eigenvalue weighted by Crippen LogP contribution is 2.17. The highest BCUT2D eigenvalue weighted by Gasteiger charge is 2.17. The second-order valence-corrected chi connectivity index (χ2v) is 5.43. The molecule has 1 aromatic heterocycles. The van der Waals surface area contributed by atoms with Crippen molar-refractivity contribution in [3.8, 4) is 0 Å². The van der Waals surface area contributed by atoms with Crippen molar-refractivity contribution in [3.05, 3.63) is 54.0 Å². The summed E-state index contributed by atoms with van der Waals surface area (Å²) in [5.74, 6) is -1.44. The molecule has 2 amide bonds. The van der Waals surface area contributed by atoms with Crippen molar-refractivity contribution in [1.82, 2.24) is 5.32 Å². The first-order chi connectivity index (χ1) is 12.0. The van der Waals surface area contributed by atoms with E-state index < -0.39 is 11.9 Å². The minimum Gasteiger partial charge on any atom is -0.459 e. The summed E-state index contributed by atoms with van der Waals surface area (Å²) in [7, 11) is 0. The fraction of sp³-hybridized carbons (Fsp3) is 0.278. The van der Waals surface area contributed by atoms with Crippen LogP contribution in [0.3, 0.4) is 0 Å². The molecule has 132 valence electrons. The van der Waals surface area contributed by atoms with E-state index >= 15 is 0 Å². The second-order valence-electron chi connectivity index (χ2n) is 5.43. The van der Waals surface area contributed by atoms with Crippen molar-refractivity contribution < 1.29 is 23.5 Å². The van der Waals surface area contributed by atoms with Crippen LogP contribution in [-0.2, 0) is 9.53 Å². The van der Waals surface area contributed by atoms with Crippen LogP contribution in [0.15, 0.2) is 47.1 Å². The number of nitrogens with one attached hydrogen (secondary N) is 2. The number of amides is 2. The Labute approximate surface area is 145 Å². The summed E-state index contributed by atoms with van der Waals surface area (Å²) in [4.78, 5) is 36.0. The zero-order valence-electron chi connectivity index (χ0n) is 14.1. The molecule has 0 aliphatic heterocycles. The largest absolute Gasteiger partial charge is 0.459 e.